The van der Waals surface area contributed by atoms with Gasteiger partial charge in [0.15, 0.2) is 0 Å². The van der Waals surface area contributed by atoms with E-state index in [0.717, 1.165) is 25.9 Å². The van der Waals surface area contributed by atoms with Gasteiger partial charge in [0.25, 0.3) is 0 Å². The van der Waals surface area contributed by atoms with Crippen molar-refractivity contribution in [1.29, 1.82) is 0 Å². The third-order valence-corrected chi connectivity index (χ3v) is 3.28. The topological polar surface area (TPSA) is 96.7 Å². The highest BCUT2D eigenvalue weighted by Gasteiger charge is 2.19. The van der Waals surface area contributed by atoms with Crippen molar-refractivity contribution in [2.45, 2.75) is 31.9 Å². The number of likely N-dealkylation sites (N-methyl/N-ethyl adjacent to an activating group) is 1. The smallest absolute Gasteiger partial charge is 0.325 e. The van der Waals surface area contributed by atoms with Gasteiger partial charge in [-0.1, -0.05) is 0 Å². The molecule has 2 amide bonds. The minimum atomic E-state index is -0.984. The van der Waals surface area contributed by atoms with Crippen LogP contribution in [0.3, 0.4) is 0 Å². The van der Waals surface area contributed by atoms with E-state index in [1.807, 2.05) is 0 Å². The van der Waals surface area contributed by atoms with E-state index >= 15 is 0 Å². The molecule has 1 fully saturated rings. The summed E-state index contributed by atoms with van der Waals surface area (Å²) in [6, 6.07) is -0.265. The molecule has 0 bridgehead atoms. The van der Waals surface area contributed by atoms with Crippen LogP contribution in [0, 0.1) is 0 Å². The van der Waals surface area contributed by atoms with Crippen LogP contribution in [-0.4, -0.2) is 58.1 Å². The average Bonchev–Trinajstić information content (AvgIpc) is 2.86. The number of aliphatic carboxylic acids is 1. The molecule has 0 aromatic carbocycles. The van der Waals surface area contributed by atoms with E-state index in [2.05, 4.69) is 10.4 Å². The molecule has 116 valence electrons. The Morgan fingerprint density at radius 2 is 2.38 bits per heavy atom. The molecule has 0 spiro atoms. The van der Waals surface area contributed by atoms with Crippen molar-refractivity contribution in [2.75, 3.05) is 25.5 Å². The van der Waals surface area contributed by atoms with Crippen molar-refractivity contribution in [3.05, 3.63) is 12.4 Å². The largest absolute Gasteiger partial charge is 0.480 e. The number of ether oxygens (including phenoxy) is 1. The number of hydrogen-bond acceptors (Lipinski definition) is 4. The lowest BCUT2D eigenvalue weighted by Gasteiger charge is -2.27. The summed E-state index contributed by atoms with van der Waals surface area (Å²) in [5.74, 6) is -0.984. The van der Waals surface area contributed by atoms with Gasteiger partial charge in [0.1, 0.15) is 6.54 Å². The first kappa shape index (κ1) is 15.3. The maximum atomic E-state index is 12.0. The molecule has 0 saturated carbocycles. The van der Waals surface area contributed by atoms with Crippen LogP contribution in [0.4, 0.5) is 10.5 Å². The van der Waals surface area contributed by atoms with Crippen LogP contribution < -0.4 is 5.32 Å². The Labute approximate surface area is 122 Å². The van der Waals surface area contributed by atoms with Gasteiger partial charge in [-0.15, -0.1) is 0 Å². The molecule has 1 aliphatic rings. The SMILES string of the molecule is CN(CC1CCCCO1)C(=O)Nc1cnn(CC(=O)O)c1. The summed E-state index contributed by atoms with van der Waals surface area (Å²) < 4.78 is 6.85. The van der Waals surface area contributed by atoms with Gasteiger partial charge in [0.2, 0.25) is 0 Å². The van der Waals surface area contributed by atoms with Gasteiger partial charge >= 0.3 is 12.0 Å². The summed E-state index contributed by atoms with van der Waals surface area (Å²) in [6.07, 6.45) is 6.16. The third kappa shape index (κ3) is 4.75. The number of hydrogen-bond donors (Lipinski definition) is 2. The molecular formula is C13H20N4O4. The molecule has 1 aliphatic heterocycles. The molecule has 0 aliphatic carbocycles. The molecule has 2 N–H and O–H groups in total. The number of rotatable bonds is 5. The van der Waals surface area contributed by atoms with E-state index in [-0.39, 0.29) is 18.7 Å². The molecule has 8 nitrogen and oxygen atoms in total. The number of carboxylic acid groups (broad SMARTS) is 1. The number of carbonyl (C=O) groups excluding carboxylic acids is 1. The van der Waals surface area contributed by atoms with Crippen LogP contribution in [0.2, 0.25) is 0 Å². The van der Waals surface area contributed by atoms with Crippen LogP contribution in [0.1, 0.15) is 19.3 Å². The number of anilines is 1. The summed E-state index contributed by atoms with van der Waals surface area (Å²) in [5.41, 5.74) is 0.470. The maximum Gasteiger partial charge on any atom is 0.325 e. The number of aromatic nitrogens is 2. The summed E-state index contributed by atoms with van der Waals surface area (Å²) in [7, 11) is 1.70. The number of carboxylic acids is 1. The monoisotopic (exact) mass is 296 g/mol. The van der Waals surface area contributed by atoms with Gasteiger partial charge in [-0.25, -0.2) is 4.79 Å². The maximum absolute atomic E-state index is 12.0. The zero-order valence-electron chi connectivity index (χ0n) is 12.0. The highest BCUT2D eigenvalue weighted by atomic mass is 16.5. The van der Waals surface area contributed by atoms with Gasteiger partial charge in [-0.3, -0.25) is 9.48 Å². The number of urea groups is 1. The molecule has 2 heterocycles. The fourth-order valence-electron chi connectivity index (χ4n) is 2.21. The lowest BCUT2D eigenvalue weighted by Crippen LogP contribution is -2.39. The van der Waals surface area contributed by atoms with E-state index in [1.165, 1.54) is 17.1 Å². The zero-order valence-corrected chi connectivity index (χ0v) is 12.0. The van der Waals surface area contributed by atoms with Gasteiger partial charge in [-0.05, 0) is 19.3 Å². The second kappa shape index (κ2) is 7.07. The van der Waals surface area contributed by atoms with Gasteiger partial charge < -0.3 is 20.1 Å². The quantitative estimate of drug-likeness (QED) is 0.845. The fourth-order valence-corrected chi connectivity index (χ4v) is 2.21. The zero-order chi connectivity index (χ0) is 15.2. The summed E-state index contributed by atoms with van der Waals surface area (Å²) in [4.78, 5) is 24.1. The second-order valence-corrected chi connectivity index (χ2v) is 5.12. The van der Waals surface area contributed by atoms with E-state index < -0.39 is 5.97 Å². The lowest BCUT2D eigenvalue weighted by atomic mass is 10.1. The van der Waals surface area contributed by atoms with Crippen molar-refractivity contribution in [3.63, 3.8) is 0 Å². The Bertz CT molecular complexity index is 496. The lowest BCUT2D eigenvalue weighted by molar-refractivity contribution is -0.137. The first-order valence-corrected chi connectivity index (χ1v) is 6.92. The number of nitrogens with one attached hydrogen (secondary N) is 1. The van der Waals surface area contributed by atoms with Crippen LogP contribution in [0.5, 0.6) is 0 Å². The van der Waals surface area contributed by atoms with Crippen molar-refractivity contribution in [3.8, 4) is 0 Å². The van der Waals surface area contributed by atoms with Crippen molar-refractivity contribution < 1.29 is 19.4 Å². The van der Waals surface area contributed by atoms with E-state index in [4.69, 9.17) is 9.84 Å². The minimum Gasteiger partial charge on any atom is -0.480 e. The second-order valence-electron chi connectivity index (χ2n) is 5.12. The highest BCUT2D eigenvalue weighted by Crippen LogP contribution is 2.14. The van der Waals surface area contributed by atoms with E-state index in [9.17, 15) is 9.59 Å². The third-order valence-electron chi connectivity index (χ3n) is 3.28. The highest BCUT2D eigenvalue weighted by molar-refractivity contribution is 5.88. The van der Waals surface area contributed by atoms with Crippen LogP contribution in [-0.2, 0) is 16.1 Å². The van der Waals surface area contributed by atoms with Crippen LogP contribution >= 0.6 is 0 Å². The molecule has 8 heteroatoms. The standard InChI is InChI=1S/C13H20N4O4/c1-16(8-11-4-2-3-5-21-11)13(20)15-10-6-14-17(7-10)9-12(18)19/h6-7,11H,2-5,8-9H2,1H3,(H,15,20)(H,18,19). The molecule has 1 atom stereocenters. The Hall–Kier alpha value is -2.09. The van der Waals surface area contributed by atoms with E-state index in [0.29, 0.717) is 12.2 Å². The molecule has 1 aromatic heterocycles. The number of carbonyl (C=O) groups is 2. The van der Waals surface area contributed by atoms with Crippen molar-refractivity contribution in [2.24, 2.45) is 0 Å². The summed E-state index contributed by atoms with van der Waals surface area (Å²) >= 11 is 0. The van der Waals surface area contributed by atoms with Crippen molar-refractivity contribution in [1.82, 2.24) is 14.7 Å². The summed E-state index contributed by atoms with van der Waals surface area (Å²) in [5, 5.41) is 15.2. The van der Waals surface area contributed by atoms with Gasteiger partial charge in [0, 0.05) is 26.4 Å². The predicted octanol–water partition coefficient (Wildman–Crippen LogP) is 1.00. The van der Waals surface area contributed by atoms with Gasteiger partial charge in [0.05, 0.1) is 18.0 Å². The molecule has 2 rings (SSSR count). The molecular weight excluding hydrogens is 276 g/mol. The first-order valence-electron chi connectivity index (χ1n) is 6.92. The van der Waals surface area contributed by atoms with Gasteiger partial charge in [-0.2, -0.15) is 5.10 Å². The van der Waals surface area contributed by atoms with Crippen LogP contribution in [0.25, 0.3) is 0 Å². The number of nitrogens with zero attached hydrogens (tertiary/aromatic N) is 3. The number of amides is 2. The predicted molar refractivity (Wildman–Crippen MR) is 75.1 cm³/mol. The molecule has 21 heavy (non-hydrogen) atoms. The Balaban J connectivity index is 1.82. The molecule has 0 radical (unpaired) electrons. The fraction of sp³-hybridized carbons (Fsp3) is 0.615. The molecule has 1 unspecified atom stereocenters. The Morgan fingerprint density at radius 1 is 1.57 bits per heavy atom. The van der Waals surface area contributed by atoms with E-state index in [1.54, 1.807) is 11.9 Å². The molecule has 1 saturated heterocycles. The summed E-state index contributed by atoms with van der Waals surface area (Å²) in [6.45, 7) is 1.05. The van der Waals surface area contributed by atoms with Crippen molar-refractivity contribution >= 4 is 17.7 Å². The Morgan fingerprint density at radius 3 is 3.05 bits per heavy atom. The Kier molecular flexibility index (Phi) is 5.15. The normalized spacial score (nSPS) is 18.2. The average molecular weight is 296 g/mol. The minimum absolute atomic E-state index is 0.0873. The first-order chi connectivity index (χ1) is 10.0. The van der Waals surface area contributed by atoms with Crippen LogP contribution in [0.15, 0.2) is 12.4 Å². The molecule has 1 aromatic rings.